The van der Waals surface area contributed by atoms with E-state index in [4.69, 9.17) is 0 Å². The molecule has 6 nitrogen and oxygen atoms in total. The lowest BCUT2D eigenvalue weighted by molar-refractivity contribution is -0.125. The number of hydrogen-bond donors (Lipinski definition) is 1. The Morgan fingerprint density at radius 1 is 1.18 bits per heavy atom. The highest BCUT2D eigenvalue weighted by Gasteiger charge is 2.27. The highest BCUT2D eigenvalue weighted by atomic mass is 16.2. The molecule has 1 unspecified atom stereocenters. The molecule has 148 valence electrons. The van der Waals surface area contributed by atoms with E-state index in [0.717, 1.165) is 29.1 Å². The van der Waals surface area contributed by atoms with Crippen molar-refractivity contribution in [1.29, 1.82) is 0 Å². The maximum absolute atomic E-state index is 13.3. The van der Waals surface area contributed by atoms with Crippen LogP contribution in [0.25, 0.3) is 21.8 Å². The van der Waals surface area contributed by atoms with E-state index in [0.29, 0.717) is 11.9 Å². The molecular weight excluding hydrogens is 352 g/mol. The van der Waals surface area contributed by atoms with Gasteiger partial charge in [-0.1, -0.05) is 50.8 Å². The number of amides is 1. The lowest BCUT2D eigenvalue weighted by atomic mass is 10.1. The van der Waals surface area contributed by atoms with Crippen molar-refractivity contribution in [2.45, 2.75) is 64.0 Å². The zero-order valence-corrected chi connectivity index (χ0v) is 16.6. The first kappa shape index (κ1) is 18.7. The molecule has 1 aliphatic rings. The summed E-state index contributed by atoms with van der Waals surface area (Å²) >= 11 is 0. The molecule has 1 aromatic carbocycles. The fourth-order valence-corrected chi connectivity index (χ4v) is 4.52. The van der Waals surface area contributed by atoms with Gasteiger partial charge in [-0.2, -0.15) is 5.10 Å². The van der Waals surface area contributed by atoms with Crippen LogP contribution in [0.2, 0.25) is 0 Å². The van der Waals surface area contributed by atoms with Gasteiger partial charge in [-0.05, 0) is 25.3 Å². The zero-order valence-electron chi connectivity index (χ0n) is 16.6. The largest absolute Gasteiger partial charge is 0.352 e. The topological polar surface area (TPSA) is 68.9 Å². The fraction of sp³-hybridized carbons (Fsp3) is 0.500. The zero-order chi connectivity index (χ0) is 19.7. The average molecular weight is 380 g/mol. The molecule has 0 aliphatic heterocycles. The third kappa shape index (κ3) is 3.21. The highest BCUT2D eigenvalue weighted by Crippen LogP contribution is 2.31. The van der Waals surface area contributed by atoms with Crippen LogP contribution in [0.5, 0.6) is 0 Å². The van der Waals surface area contributed by atoms with E-state index < -0.39 is 6.04 Å². The Balaban J connectivity index is 1.81. The average Bonchev–Trinajstić information content (AvgIpc) is 2.83. The Morgan fingerprint density at radius 2 is 1.89 bits per heavy atom. The molecule has 1 fully saturated rings. The Morgan fingerprint density at radius 3 is 2.61 bits per heavy atom. The van der Waals surface area contributed by atoms with E-state index in [2.05, 4.69) is 10.4 Å². The van der Waals surface area contributed by atoms with Crippen molar-refractivity contribution >= 4 is 27.7 Å². The molecule has 1 saturated carbocycles. The van der Waals surface area contributed by atoms with E-state index >= 15 is 0 Å². The summed E-state index contributed by atoms with van der Waals surface area (Å²) in [6.45, 7) is 2.00. The summed E-state index contributed by atoms with van der Waals surface area (Å²) in [5.74, 6) is 0.0101. The lowest BCUT2D eigenvalue weighted by Crippen LogP contribution is -2.40. The number of carbonyl (C=O) groups excluding carboxylic acids is 1. The van der Waals surface area contributed by atoms with Gasteiger partial charge in [-0.25, -0.2) is 4.68 Å². The number of hydrogen-bond acceptors (Lipinski definition) is 3. The summed E-state index contributed by atoms with van der Waals surface area (Å²) in [6.07, 6.45) is 9.27. The molecule has 0 radical (unpaired) electrons. The minimum absolute atomic E-state index is 0.0101. The molecule has 0 spiro atoms. The van der Waals surface area contributed by atoms with Crippen LogP contribution in [0.15, 0.2) is 35.3 Å². The van der Waals surface area contributed by atoms with E-state index in [1.807, 2.05) is 35.8 Å². The molecule has 1 atom stereocenters. The van der Waals surface area contributed by atoms with Crippen LogP contribution in [-0.2, 0) is 11.8 Å². The predicted octanol–water partition coefficient (Wildman–Crippen LogP) is 3.68. The Bertz CT molecular complexity index is 1060. The van der Waals surface area contributed by atoms with Gasteiger partial charge in [0.05, 0.1) is 11.7 Å². The van der Waals surface area contributed by atoms with E-state index in [1.165, 1.54) is 30.4 Å². The number of aromatic nitrogens is 3. The molecule has 28 heavy (non-hydrogen) atoms. The van der Waals surface area contributed by atoms with Gasteiger partial charge in [0.1, 0.15) is 11.6 Å². The van der Waals surface area contributed by atoms with Crippen LogP contribution in [0, 0.1) is 0 Å². The van der Waals surface area contributed by atoms with Gasteiger partial charge in [0.2, 0.25) is 5.91 Å². The SMILES string of the molecule is CCC(C(=O)NC1CCCCCC1)n1c2ccccc2c2cnn(C)c(=O)c21. The van der Waals surface area contributed by atoms with Gasteiger partial charge in [0, 0.05) is 23.9 Å². The molecule has 3 aromatic rings. The van der Waals surface area contributed by atoms with E-state index in [-0.39, 0.29) is 17.5 Å². The molecule has 1 N–H and O–H groups in total. The summed E-state index contributed by atoms with van der Waals surface area (Å²) in [6, 6.07) is 7.70. The van der Waals surface area contributed by atoms with E-state index in [9.17, 15) is 9.59 Å². The van der Waals surface area contributed by atoms with Gasteiger partial charge in [0.15, 0.2) is 0 Å². The molecule has 4 rings (SSSR count). The third-order valence-corrected chi connectivity index (χ3v) is 6.01. The van der Waals surface area contributed by atoms with Crippen molar-refractivity contribution in [1.82, 2.24) is 19.7 Å². The van der Waals surface area contributed by atoms with Crippen molar-refractivity contribution in [3.8, 4) is 0 Å². The number of fused-ring (bicyclic) bond motifs is 3. The van der Waals surface area contributed by atoms with Gasteiger partial charge < -0.3 is 9.88 Å². The summed E-state index contributed by atoms with van der Waals surface area (Å²) < 4.78 is 3.27. The number of para-hydroxylation sites is 1. The monoisotopic (exact) mass is 380 g/mol. The lowest BCUT2D eigenvalue weighted by Gasteiger charge is -2.23. The predicted molar refractivity (Wildman–Crippen MR) is 111 cm³/mol. The Labute approximate surface area is 164 Å². The van der Waals surface area contributed by atoms with Gasteiger partial charge in [-0.15, -0.1) is 0 Å². The van der Waals surface area contributed by atoms with Gasteiger partial charge in [0.25, 0.3) is 5.56 Å². The number of nitrogens with one attached hydrogen (secondary N) is 1. The second kappa shape index (κ2) is 7.78. The van der Waals surface area contributed by atoms with Crippen LogP contribution in [0.4, 0.5) is 0 Å². The van der Waals surface area contributed by atoms with Crippen molar-refractivity contribution in [2.75, 3.05) is 0 Å². The van der Waals surface area contributed by atoms with Crippen LogP contribution >= 0.6 is 0 Å². The Kier molecular flexibility index (Phi) is 5.20. The van der Waals surface area contributed by atoms with E-state index in [1.54, 1.807) is 13.2 Å². The number of nitrogens with zero attached hydrogens (tertiary/aromatic N) is 3. The van der Waals surface area contributed by atoms with Crippen LogP contribution in [0.3, 0.4) is 0 Å². The smallest absolute Gasteiger partial charge is 0.291 e. The first-order chi connectivity index (χ1) is 13.6. The van der Waals surface area contributed by atoms with Crippen LogP contribution in [-0.4, -0.2) is 26.3 Å². The standard InChI is InChI=1S/C22H28N4O2/c1-3-18(21(27)24-15-10-6-4-5-7-11-15)26-19-13-9-8-12-16(19)17-14-23-25(2)22(28)20(17)26/h8-9,12-15,18H,3-7,10-11H2,1-2H3,(H,24,27). The van der Waals surface area contributed by atoms with Crippen LogP contribution in [0.1, 0.15) is 57.9 Å². The minimum atomic E-state index is -0.416. The molecular formula is C22H28N4O2. The normalized spacial score (nSPS) is 16.9. The third-order valence-electron chi connectivity index (χ3n) is 6.01. The maximum Gasteiger partial charge on any atom is 0.291 e. The second-order valence-corrected chi connectivity index (χ2v) is 7.84. The minimum Gasteiger partial charge on any atom is -0.352 e. The number of aryl methyl sites for hydroxylation is 1. The number of carbonyl (C=O) groups is 1. The van der Waals surface area contributed by atoms with Gasteiger partial charge in [-0.3, -0.25) is 9.59 Å². The second-order valence-electron chi connectivity index (χ2n) is 7.84. The first-order valence-corrected chi connectivity index (χ1v) is 10.4. The molecule has 0 saturated heterocycles. The summed E-state index contributed by atoms with van der Waals surface area (Å²) in [5.41, 5.74) is 1.29. The fourth-order valence-electron chi connectivity index (χ4n) is 4.52. The van der Waals surface area contributed by atoms with Gasteiger partial charge >= 0.3 is 0 Å². The van der Waals surface area contributed by atoms with Crippen LogP contribution < -0.4 is 10.9 Å². The highest BCUT2D eigenvalue weighted by molar-refractivity contribution is 6.08. The van der Waals surface area contributed by atoms with Crippen molar-refractivity contribution in [3.63, 3.8) is 0 Å². The molecule has 1 aliphatic carbocycles. The quantitative estimate of drug-likeness (QED) is 0.702. The summed E-state index contributed by atoms with van der Waals surface area (Å²) in [5, 5.41) is 9.24. The van der Waals surface area contributed by atoms with Crippen molar-refractivity contribution < 1.29 is 4.79 Å². The van der Waals surface area contributed by atoms with Crippen molar-refractivity contribution in [3.05, 3.63) is 40.8 Å². The number of rotatable bonds is 4. The van der Waals surface area contributed by atoms with Crippen molar-refractivity contribution in [2.24, 2.45) is 7.05 Å². The molecule has 0 bridgehead atoms. The Hall–Kier alpha value is -2.63. The molecule has 2 heterocycles. The molecule has 2 aromatic heterocycles. The molecule has 1 amide bonds. The maximum atomic E-state index is 13.3. The first-order valence-electron chi connectivity index (χ1n) is 10.4. The molecule has 6 heteroatoms. The number of benzene rings is 1. The summed E-state index contributed by atoms with van der Waals surface area (Å²) in [4.78, 5) is 26.2. The summed E-state index contributed by atoms with van der Waals surface area (Å²) in [7, 11) is 1.65.